The van der Waals surface area contributed by atoms with Gasteiger partial charge in [-0.3, -0.25) is 9.79 Å². The number of hydrogen-bond donors (Lipinski definition) is 2. The number of rotatable bonds is 12. The summed E-state index contributed by atoms with van der Waals surface area (Å²) >= 11 is 0. The zero-order chi connectivity index (χ0) is 20.4. The third-order valence-corrected chi connectivity index (χ3v) is 5.19. The molecule has 10 nitrogen and oxygen atoms in total. The standard InChI is InChI=1S/C16H23N2O8P/c1-2-13(15(21)18-10-14(19)20)26-27(24,9-8-12(17)16(22)23)25-11-6-4-3-5-7-11/h3-7,12-13H,2,8-10,17H2,1H3,(H,18,21)(H,19,20)(H,22,23)/p-2. The minimum absolute atomic E-state index is 0.0442. The largest absolute Gasteiger partial charge is 0.860 e. The van der Waals surface area contributed by atoms with Crippen LogP contribution >= 0.6 is 7.94 Å². The summed E-state index contributed by atoms with van der Waals surface area (Å²) in [6.07, 6.45) is -1.86. The summed E-state index contributed by atoms with van der Waals surface area (Å²) in [4.78, 5) is 37.7. The van der Waals surface area contributed by atoms with E-state index in [0.29, 0.717) is 0 Å². The van der Waals surface area contributed by atoms with Crippen LogP contribution in [0.5, 0.6) is 5.75 Å². The summed E-state index contributed by atoms with van der Waals surface area (Å²) in [7, 11) is -4.00. The molecule has 0 heterocycles. The fourth-order valence-corrected chi connectivity index (χ4v) is 3.82. The first kappa shape index (κ1) is 22.8. The Morgan fingerprint density at radius 1 is 1.30 bits per heavy atom. The minimum Gasteiger partial charge on any atom is -0.860 e. The van der Waals surface area contributed by atoms with E-state index < -0.39 is 44.5 Å². The van der Waals surface area contributed by atoms with Crippen molar-refractivity contribution < 1.29 is 38.8 Å². The number of benzene rings is 1. The molecule has 3 atom stereocenters. The SMILES string of the molecule is CCC(O[P+]([O-])(CCC(N)C(=O)O)Oc1ccccc1)C([O-])=NCC(=O)[O-]. The summed E-state index contributed by atoms with van der Waals surface area (Å²) < 4.78 is 10.7. The van der Waals surface area contributed by atoms with Crippen molar-refractivity contribution in [2.75, 3.05) is 12.7 Å². The highest BCUT2D eigenvalue weighted by Crippen LogP contribution is 2.54. The van der Waals surface area contributed by atoms with Crippen molar-refractivity contribution in [2.45, 2.75) is 31.9 Å². The van der Waals surface area contributed by atoms with Gasteiger partial charge in [0, 0.05) is 6.42 Å². The van der Waals surface area contributed by atoms with Crippen LogP contribution in [0.15, 0.2) is 35.3 Å². The Morgan fingerprint density at radius 3 is 2.44 bits per heavy atom. The molecule has 3 unspecified atom stereocenters. The molecule has 0 aliphatic carbocycles. The molecule has 0 bridgehead atoms. The van der Waals surface area contributed by atoms with E-state index in [9.17, 15) is 24.7 Å². The van der Waals surface area contributed by atoms with E-state index in [0.717, 1.165) is 0 Å². The molecule has 0 fully saturated rings. The molecule has 0 aromatic heterocycles. The average molecular weight is 400 g/mol. The number of carbonyl (C=O) groups excluding carboxylic acids is 1. The van der Waals surface area contributed by atoms with E-state index in [4.69, 9.17) is 19.9 Å². The summed E-state index contributed by atoms with van der Waals surface area (Å²) in [5.74, 6) is -3.57. The molecule has 0 saturated carbocycles. The average Bonchev–Trinajstić information content (AvgIpc) is 2.63. The van der Waals surface area contributed by atoms with Gasteiger partial charge in [0.15, 0.2) is 5.75 Å². The van der Waals surface area contributed by atoms with Gasteiger partial charge in [0.05, 0.1) is 12.5 Å². The number of para-hydroxylation sites is 1. The van der Waals surface area contributed by atoms with E-state index in [1.165, 1.54) is 12.1 Å². The molecule has 0 saturated heterocycles. The van der Waals surface area contributed by atoms with Gasteiger partial charge in [-0.2, -0.15) is 4.52 Å². The summed E-state index contributed by atoms with van der Waals surface area (Å²) in [5, 5.41) is 31.3. The predicted octanol–water partition coefficient (Wildman–Crippen LogP) is -1.71. The predicted molar refractivity (Wildman–Crippen MR) is 91.6 cm³/mol. The van der Waals surface area contributed by atoms with Crippen molar-refractivity contribution >= 4 is 25.8 Å². The van der Waals surface area contributed by atoms with E-state index in [1.807, 2.05) is 0 Å². The first-order valence-electron chi connectivity index (χ1n) is 8.08. The second kappa shape index (κ2) is 10.8. The van der Waals surface area contributed by atoms with Crippen molar-refractivity contribution in [3.05, 3.63) is 30.3 Å². The maximum Gasteiger partial charge on any atom is 0.320 e. The second-order valence-electron chi connectivity index (χ2n) is 5.50. The number of carboxylic acids is 2. The van der Waals surface area contributed by atoms with Crippen LogP contribution in [0.2, 0.25) is 0 Å². The fourth-order valence-electron chi connectivity index (χ4n) is 1.91. The minimum atomic E-state index is -4.00. The van der Waals surface area contributed by atoms with Crippen molar-refractivity contribution in [3.8, 4) is 5.75 Å². The molecular formula is C16H21N2O8P-2. The molecule has 1 aromatic carbocycles. The molecule has 0 amide bonds. The Morgan fingerprint density at radius 2 is 1.93 bits per heavy atom. The van der Waals surface area contributed by atoms with Crippen molar-refractivity contribution in [2.24, 2.45) is 10.7 Å². The Kier molecular flexibility index (Phi) is 9.10. The highest BCUT2D eigenvalue weighted by atomic mass is 31.2. The van der Waals surface area contributed by atoms with Gasteiger partial charge in [0.2, 0.25) is 0 Å². The monoisotopic (exact) mass is 400 g/mol. The number of aliphatic carboxylic acids is 2. The lowest BCUT2D eigenvalue weighted by molar-refractivity contribution is -0.303. The van der Waals surface area contributed by atoms with Crippen LogP contribution in [-0.4, -0.2) is 47.8 Å². The van der Waals surface area contributed by atoms with Gasteiger partial charge in [0.1, 0.15) is 18.3 Å². The molecule has 0 spiro atoms. The summed E-state index contributed by atoms with van der Waals surface area (Å²) in [5.41, 5.74) is 5.43. The van der Waals surface area contributed by atoms with Crippen LogP contribution < -0.4 is 25.4 Å². The Bertz CT molecular complexity index is 657. The summed E-state index contributed by atoms with van der Waals surface area (Å²) in [6, 6.07) is 6.68. The van der Waals surface area contributed by atoms with Crippen molar-refractivity contribution in [3.63, 3.8) is 0 Å². The van der Waals surface area contributed by atoms with E-state index in [-0.39, 0.29) is 24.8 Å². The van der Waals surface area contributed by atoms with Crippen molar-refractivity contribution in [1.82, 2.24) is 0 Å². The highest BCUT2D eigenvalue weighted by molar-refractivity contribution is 7.59. The number of carboxylic acid groups (broad SMARTS) is 2. The topological polar surface area (TPSA) is 180 Å². The van der Waals surface area contributed by atoms with Crippen molar-refractivity contribution in [1.29, 1.82) is 0 Å². The first-order valence-corrected chi connectivity index (χ1v) is 9.81. The molecule has 0 aliphatic heterocycles. The zero-order valence-electron chi connectivity index (χ0n) is 14.6. The number of nitrogens with zero attached hydrogens (tertiary/aromatic N) is 1. The lowest BCUT2D eigenvalue weighted by atomic mass is 10.2. The molecule has 0 radical (unpaired) electrons. The maximum atomic E-state index is 13.1. The molecule has 150 valence electrons. The molecule has 0 aliphatic rings. The normalized spacial score (nSPS) is 16.2. The Balaban J connectivity index is 2.98. The van der Waals surface area contributed by atoms with Crippen LogP contribution in [0.4, 0.5) is 0 Å². The molecule has 3 N–H and O–H groups in total. The van der Waals surface area contributed by atoms with Crippen LogP contribution in [0.3, 0.4) is 0 Å². The molecular weight excluding hydrogens is 379 g/mol. The highest BCUT2D eigenvalue weighted by Gasteiger charge is 2.36. The van der Waals surface area contributed by atoms with E-state index >= 15 is 0 Å². The van der Waals surface area contributed by atoms with Gasteiger partial charge in [0.25, 0.3) is 7.94 Å². The molecule has 1 rings (SSSR count). The fraction of sp³-hybridized carbons (Fsp3) is 0.438. The van der Waals surface area contributed by atoms with Gasteiger partial charge in [-0.25, -0.2) is 0 Å². The van der Waals surface area contributed by atoms with E-state index in [1.54, 1.807) is 25.1 Å². The van der Waals surface area contributed by atoms with Crippen LogP contribution in [-0.2, 0) is 14.1 Å². The van der Waals surface area contributed by atoms with Gasteiger partial charge in [-0.05, 0) is 24.5 Å². The third kappa shape index (κ3) is 8.31. The van der Waals surface area contributed by atoms with Crippen LogP contribution in [0, 0.1) is 0 Å². The quantitative estimate of drug-likeness (QED) is 0.235. The molecule has 1 aromatic rings. The number of hydrogen-bond acceptors (Lipinski definition) is 9. The molecule has 11 heteroatoms. The number of carbonyl (C=O) groups is 2. The third-order valence-electron chi connectivity index (χ3n) is 3.32. The first-order chi connectivity index (χ1) is 12.7. The summed E-state index contributed by atoms with van der Waals surface area (Å²) in [6.45, 7) is 0.694. The van der Waals surface area contributed by atoms with Gasteiger partial charge in [-0.15, -0.1) is 0 Å². The number of nitrogens with two attached hydrogens (primary N) is 1. The van der Waals surface area contributed by atoms with Gasteiger partial charge >= 0.3 is 5.97 Å². The van der Waals surface area contributed by atoms with E-state index in [2.05, 4.69) is 4.99 Å². The lowest BCUT2D eigenvalue weighted by Gasteiger charge is -2.33. The lowest BCUT2D eigenvalue weighted by Crippen LogP contribution is -2.40. The Labute approximate surface area is 156 Å². The zero-order valence-corrected chi connectivity index (χ0v) is 15.5. The Hall–Kier alpha value is -2.26. The molecule has 27 heavy (non-hydrogen) atoms. The van der Waals surface area contributed by atoms with Crippen LogP contribution in [0.25, 0.3) is 0 Å². The number of aliphatic imine (C=N–C) groups is 1. The second-order valence-corrected chi connectivity index (χ2v) is 7.56. The van der Waals surface area contributed by atoms with Gasteiger partial charge < -0.3 is 35.3 Å². The van der Waals surface area contributed by atoms with Gasteiger partial charge in [-0.1, -0.05) is 25.1 Å². The van der Waals surface area contributed by atoms with Crippen LogP contribution in [0.1, 0.15) is 19.8 Å². The smallest absolute Gasteiger partial charge is 0.320 e. The maximum absolute atomic E-state index is 13.1.